The van der Waals surface area contributed by atoms with Crippen LogP contribution in [0.4, 0.5) is 0 Å². The minimum atomic E-state index is -0.849. The Hall–Kier alpha value is -1.09. The smallest absolute Gasteiger partial charge is 0.303 e. The fourth-order valence-corrected chi connectivity index (χ4v) is 1.08. The van der Waals surface area contributed by atoms with Gasteiger partial charge in [-0.05, 0) is 26.8 Å². The summed E-state index contributed by atoms with van der Waals surface area (Å²) in [6.07, 6.45) is 5.53. The topological polar surface area (TPSA) is 46.5 Å². The van der Waals surface area contributed by atoms with Crippen LogP contribution < -0.4 is 0 Å². The Morgan fingerprint density at radius 3 is 2.33 bits per heavy atom. The van der Waals surface area contributed by atoms with Crippen LogP contribution in [-0.4, -0.2) is 22.3 Å². The van der Waals surface area contributed by atoms with E-state index in [0.29, 0.717) is 6.42 Å². The molecule has 0 rings (SSSR count). The molecule has 0 fully saturated rings. The normalized spacial score (nSPS) is 16.1. The van der Waals surface area contributed by atoms with E-state index in [-0.39, 0.29) is 5.97 Å². The third-order valence-electron chi connectivity index (χ3n) is 1.86. The van der Waals surface area contributed by atoms with Crippen LogP contribution in [0.1, 0.15) is 34.1 Å². The van der Waals surface area contributed by atoms with E-state index in [4.69, 9.17) is 4.74 Å². The van der Waals surface area contributed by atoms with Gasteiger partial charge in [-0.2, -0.15) is 0 Å². The SMILES string of the molecule is C=CC(C)(C/C=C/C(C)(C)O)OC(C)=O. The Kier molecular flexibility index (Phi) is 4.75. The molecule has 1 atom stereocenters. The van der Waals surface area contributed by atoms with E-state index in [2.05, 4.69) is 6.58 Å². The molecule has 0 aliphatic heterocycles. The van der Waals surface area contributed by atoms with Gasteiger partial charge in [-0.3, -0.25) is 4.79 Å². The second-order valence-corrected chi connectivity index (χ2v) is 4.37. The summed E-state index contributed by atoms with van der Waals surface area (Å²) < 4.78 is 5.11. The number of rotatable bonds is 5. The molecule has 0 radical (unpaired) electrons. The van der Waals surface area contributed by atoms with Crippen molar-refractivity contribution in [3.63, 3.8) is 0 Å². The Balaban J connectivity index is 4.39. The van der Waals surface area contributed by atoms with E-state index in [1.165, 1.54) is 6.92 Å². The van der Waals surface area contributed by atoms with Crippen LogP contribution >= 0.6 is 0 Å². The highest BCUT2D eigenvalue weighted by atomic mass is 16.6. The number of aliphatic hydroxyl groups is 1. The molecule has 0 aliphatic rings. The van der Waals surface area contributed by atoms with Gasteiger partial charge in [0.25, 0.3) is 0 Å². The third kappa shape index (κ3) is 6.91. The van der Waals surface area contributed by atoms with Crippen molar-refractivity contribution in [2.45, 2.75) is 45.3 Å². The van der Waals surface area contributed by atoms with Gasteiger partial charge in [0.05, 0.1) is 5.60 Å². The molecule has 86 valence electrons. The zero-order valence-electron chi connectivity index (χ0n) is 9.91. The summed E-state index contributed by atoms with van der Waals surface area (Å²) in [7, 11) is 0. The summed E-state index contributed by atoms with van der Waals surface area (Å²) >= 11 is 0. The Labute approximate surface area is 91.4 Å². The molecule has 0 heterocycles. The molecule has 3 heteroatoms. The fraction of sp³-hybridized carbons (Fsp3) is 0.583. The molecule has 0 saturated carbocycles. The lowest BCUT2D eigenvalue weighted by atomic mass is 10.00. The van der Waals surface area contributed by atoms with E-state index < -0.39 is 11.2 Å². The molecular weight excluding hydrogens is 192 g/mol. The molecule has 0 spiro atoms. The minimum Gasteiger partial charge on any atom is -0.455 e. The van der Waals surface area contributed by atoms with Gasteiger partial charge < -0.3 is 9.84 Å². The molecule has 0 saturated heterocycles. The standard InChI is InChI=1S/C12H20O3/c1-6-12(5,15-10(2)13)9-7-8-11(3,4)14/h6-8,14H,1,9H2,2-5H3/b8-7+. The van der Waals surface area contributed by atoms with Crippen molar-refractivity contribution < 1.29 is 14.6 Å². The zero-order chi connectivity index (χ0) is 12.1. The van der Waals surface area contributed by atoms with Crippen molar-refractivity contribution in [1.82, 2.24) is 0 Å². The van der Waals surface area contributed by atoms with E-state index in [0.717, 1.165) is 0 Å². The molecule has 15 heavy (non-hydrogen) atoms. The quantitative estimate of drug-likeness (QED) is 0.561. The van der Waals surface area contributed by atoms with Crippen LogP contribution in [0.25, 0.3) is 0 Å². The molecule has 3 nitrogen and oxygen atoms in total. The van der Waals surface area contributed by atoms with Crippen LogP contribution in [0.3, 0.4) is 0 Å². The summed E-state index contributed by atoms with van der Waals surface area (Å²) in [6.45, 7) is 10.1. The van der Waals surface area contributed by atoms with Crippen molar-refractivity contribution in [1.29, 1.82) is 0 Å². The van der Waals surface area contributed by atoms with Crippen molar-refractivity contribution in [2.75, 3.05) is 0 Å². The van der Waals surface area contributed by atoms with E-state index >= 15 is 0 Å². The van der Waals surface area contributed by atoms with Crippen molar-refractivity contribution >= 4 is 5.97 Å². The van der Waals surface area contributed by atoms with Gasteiger partial charge in [0.2, 0.25) is 0 Å². The van der Waals surface area contributed by atoms with Crippen LogP contribution in [0.5, 0.6) is 0 Å². The molecule has 0 bridgehead atoms. The van der Waals surface area contributed by atoms with Crippen molar-refractivity contribution in [3.8, 4) is 0 Å². The van der Waals surface area contributed by atoms with E-state index in [1.54, 1.807) is 39.0 Å². The van der Waals surface area contributed by atoms with Gasteiger partial charge in [-0.25, -0.2) is 0 Å². The predicted molar refractivity (Wildman–Crippen MR) is 60.4 cm³/mol. The minimum absolute atomic E-state index is 0.339. The maximum Gasteiger partial charge on any atom is 0.303 e. The lowest BCUT2D eigenvalue weighted by molar-refractivity contribution is -0.150. The van der Waals surface area contributed by atoms with Gasteiger partial charge >= 0.3 is 5.97 Å². The second-order valence-electron chi connectivity index (χ2n) is 4.37. The van der Waals surface area contributed by atoms with Crippen LogP contribution in [0.2, 0.25) is 0 Å². The Bertz CT molecular complexity index is 261. The average Bonchev–Trinajstić information content (AvgIpc) is 2.00. The van der Waals surface area contributed by atoms with Crippen LogP contribution in [0, 0.1) is 0 Å². The Morgan fingerprint density at radius 1 is 1.47 bits per heavy atom. The fourth-order valence-electron chi connectivity index (χ4n) is 1.08. The highest BCUT2D eigenvalue weighted by Gasteiger charge is 2.22. The highest BCUT2D eigenvalue weighted by Crippen LogP contribution is 2.18. The molecule has 0 amide bonds. The number of carbonyl (C=O) groups is 1. The number of hydrogen-bond donors (Lipinski definition) is 1. The number of esters is 1. The second kappa shape index (κ2) is 5.12. The van der Waals surface area contributed by atoms with Crippen LogP contribution in [0.15, 0.2) is 24.8 Å². The molecule has 0 aromatic heterocycles. The van der Waals surface area contributed by atoms with Gasteiger partial charge in [-0.15, -0.1) is 0 Å². The molecule has 0 aromatic carbocycles. The lowest BCUT2D eigenvalue weighted by Gasteiger charge is -2.24. The number of ether oxygens (including phenoxy) is 1. The zero-order valence-corrected chi connectivity index (χ0v) is 9.91. The average molecular weight is 212 g/mol. The number of carbonyl (C=O) groups excluding carboxylic acids is 1. The lowest BCUT2D eigenvalue weighted by Crippen LogP contribution is -2.27. The van der Waals surface area contributed by atoms with E-state index in [9.17, 15) is 9.90 Å². The number of hydrogen-bond acceptors (Lipinski definition) is 3. The van der Waals surface area contributed by atoms with Gasteiger partial charge in [-0.1, -0.05) is 18.7 Å². The third-order valence-corrected chi connectivity index (χ3v) is 1.86. The van der Waals surface area contributed by atoms with Crippen molar-refractivity contribution in [3.05, 3.63) is 24.8 Å². The summed E-state index contributed by atoms with van der Waals surface area (Å²) in [5, 5.41) is 9.45. The summed E-state index contributed by atoms with van der Waals surface area (Å²) in [4.78, 5) is 10.8. The largest absolute Gasteiger partial charge is 0.455 e. The van der Waals surface area contributed by atoms with Gasteiger partial charge in [0, 0.05) is 13.3 Å². The monoisotopic (exact) mass is 212 g/mol. The summed E-state index contributed by atoms with van der Waals surface area (Å²) in [5.41, 5.74) is -1.55. The molecule has 0 aromatic rings. The predicted octanol–water partition coefficient (Wildman–Crippen LogP) is 2.21. The summed E-state index contributed by atoms with van der Waals surface area (Å²) in [6, 6.07) is 0. The highest BCUT2D eigenvalue weighted by molar-refractivity contribution is 5.66. The Morgan fingerprint density at radius 2 is 2.00 bits per heavy atom. The first-order valence-electron chi connectivity index (χ1n) is 4.92. The first-order chi connectivity index (χ1) is 6.68. The molecule has 0 aliphatic carbocycles. The molecular formula is C12H20O3. The van der Waals surface area contributed by atoms with Crippen LogP contribution in [-0.2, 0) is 9.53 Å². The van der Waals surface area contributed by atoms with E-state index in [1.807, 2.05) is 0 Å². The molecule has 1 unspecified atom stereocenters. The van der Waals surface area contributed by atoms with Crippen molar-refractivity contribution in [2.24, 2.45) is 0 Å². The maximum absolute atomic E-state index is 10.8. The summed E-state index contributed by atoms with van der Waals surface area (Å²) in [5.74, 6) is -0.339. The first kappa shape index (κ1) is 13.9. The first-order valence-corrected chi connectivity index (χ1v) is 4.92. The van der Waals surface area contributed by atoms with Gasteiger partial charge in [0.15, 0.2) is 0 Å². The maximum atomic E-state index is 10.8. The van der Waals surface area contributed by atoms with Gasteiger partial charge in [0.1, 0.15) is 5.60 Å². The molecule has 1 N–H and O–H groups in total.